The second-order valence-electron chi connectivity index (χ2n) is 3.30. The average Bonchev–Trinajstić information content (AvgIpc) is 2.49. The van der Waals surface area contributed by atoms with Gasteiger partial charge in [0.05, 0.1) is 0 Å². The van der Waals surface area contributed by atoms with Gasteiger partial charge in [-0.15, -0.1) is 0 Å². The van der Waals surface area contributed by atoms with E-state index in [0.717, 1.165) is 0 Å². The lowest BCUT2D eigenvalue weighted by Crippen LogP contribution is -2.06. The summed E-state index contributed by atoms with van der Waals surface area (Å²) in [5, 5.41) is 12.5. The van der Waals surface area contributed by atoms with Gasteiger partial charge in [-0.05, 0) is 5.92 Å². The maximum Gasteiger partial charge on any atom is 0.452 e. The zero-order chi connectivity index (χ0) is 10.9. The molecule has 0 radical (unpaired) electrons. The van der Waals surface area contributed by atoms with Crippen LogP contribution in [0.2, 0.25) is 0 Å². The summed E-state index contributed by atoms with van der Waals surface area (Å²) < 4.78 is 40.2. The highest BCUT2D eigenvalue weighted by atomic mass is 19.4. The van der Waals surface area contributed by atoms with Crippen molar-refractivity contribution in [1.29, 1.82) is 0 Å². The Balaban J connectivity index is 2.89. The highest BCUT2D eigenvalue weighted by molar-refractivity contribution is 5.10. The number of halogens is 3. The number of hydrogen-bond acceptors (Lipinski definition) is 3. The van der Waals surface area contributed by atoms with E-state index >= 15 is 0 Å². The molecular weight excluding hydrogens is 199 g/mol. The van der Waals surface area contributed by atoms with E-state index in [2.05, 4.69) is 9.68 Å². The third-order valence-corrected chi connectivity index (χ3v) is 1.74. The Bertz CT molecular complexity index is 306. The Morgan fingerprint density at radius 3 is 2.36 bits per heavy atom. The molecule has 1 rings (SSSR count). The van der Waals surface area contributed by atoms with E-state index in [9.17, 15) is 18.3 Å². The van der Waals surface area contributed by atoms with Gasteiger partial charge in [-0.1, -0.05) is 19.0 Å². The van der Waals surface area contributed by atoms with Crippen LogP contribution in [0.15, 0.2) is 10.6 Å². The molecule has 0 aliphatic heterocycles. The zero-order valence-corrected chi connectivity index (χ0v) is 7.67. The predicted octanol–water partition coefficient (Wildman–Crippen LogP) is 2.38. The molecule has 80 valence electrons. The molecule has 0 aliphatic rings. The van der Waals surface area contributed by atoms with Crippen LogP contribution in [0.4, 0.5) is 13.2 Å². The van der Waals surface area contributed by atoms with Crippen molar-refractivity contribution in [3.8, 4) is 0 Å². The summed E-state index contributed by atoms with van der Waals surface area (Å²) in [4.78, 5) is 0. The van der Waals surface area contributed by atoms with Crippen molar-refractivity contribution < 1.29 is 22.8 Å². The Morgan fingerprint density at radius 2 is 2.00 bits per heavy atom. The van der Waals surface area contributed by atoms with Crippen LogP contribution in [0.5, 0.6) is 0 Å². The smallest absolute Gasteiger partial charge is 0.386 e. The van der Waals surface area contributed by atoms with Gasteiger partial charge in [0, 0.05) is 6.07 Å². The molecule has 0 saturated carbocycles. The van der Waals surface area contributed by atoms with Gasteiger partial charge < -0.3 is 9.63 Å². The number of rotatable bonds is 2. The quantitative estimate of drug-likeness (QED) is 0.813. The average molecular weight is 209 g/mol. The van der Waals surface area contributed by atoms with Crippen LogP contribution >= 0.6 is 0 Å². The summed E-state index contributed by atoms with van der Waals surface area (Å²) in [7, 11) is 0. The van der Waals surface area contributed by atoms with Gasteiger partial charge in [-0.3, -0.25) is 0 Å². The SMILES string of the molecule is CC(C)C(O)c1cc(C(F)(F)F)on1. The second-order valence-corrected chi connectivity index (χ2v) is 3.30. The van der Waals surface area contributed by atoms with E-state index in [0.29, 0.717) is 6.07 Å². The Hall–Kier alpha value is -1.04. The first-order valence-corrected chi connectivity index (χ1v) is 4.04. The molecule has 0 aromatic carbocycles. The second kappa shape index (κ2) is 3.61. The number of aliphatic hydroxyl groups excluding tert-OH is 1. The van der Waals surface area contributed by atoms with Crippen LogP contribution in [0, 0.1) is 5.92 Å². The summed E-state index contributed by atoms with van der Waals surface area (Å²) in [5.74, 6) is -1.40. The fraction of sp³-hybridized carbons (Fsp3) is 0.625. The molecule has 1 unspecified atom stereocenters. The topological polar surface area (TPSA) is 46.3 Å². The van der Waals surface area contributed by atoms with Crippen LogP contribution in [0.3, 0.4) is 0 Å². The van der Waals surface area contributed by atoms with Crippen LogP contribution in [-0.4, -0.2) is 10.3 Å². The van der Waals surface area contributed by atoms with Crippen molar-refractivity contribution in [3.05, 3.63) is 17.5 Å². The highest BCUT2D eigenvalue weighted by Gasteiger charge is 2.36. The van der Waals surface area contributed by atoms with Gasteiger partial charge in [0.25, 0.3) is 0 Å². The highest BCUT2D eigenvalue weighted by Crippen LogP contribution is 2.31. The van der Waals surface area contributed by atoms with Gasteiger partial charge in [-0.2, -0.15) is 13.2 Å². The first kappa shape index (κ1) is 11.0. The Labute approximate surface area is 78.5 Å². The summed E-state index contributed by atoms with van der Waals surface area (Å²) in [6.45, 7) is 3.35. The molecule has 3 nitrogen and oxygen atoms in total. The summed E-state index contributed by atoms with van der Waals surface area (Å²) in [5.41, 5.74) is -0.0904. The number of nitrogens with zero attached hydrogens (tertiary/aromatic N) is 1. The van der Waals surface area contributed by atoms with Crippen molar-refractivity contribution >= 4 is 0 Å². The fourth-order valence-corrected chi connectivity index (χ4v) is 0.903. The molecule has 1 aromatic rings. The summed E-state index contributed by atoms with van der Waals surface area (Å²) in [6, 6.07) is 0.713. The number of hydrogen-bond donors (Lipinski definition) is 1. The molecule has 1 aromatic heterocycles. The third kappa shape index (κ3) is 2.25. The maximum absolute atomic E-state index is 12.1. The molecule has 0 saturated heterocycles. The van der Waals surface area contributed by atoms with Crippen LogP contribution in [0.25, 0.3) is 0 Å². The largest absolute Gasteiger partial charge is 0.452 e. The van der Waals surface area contributed by atoms with Crippen molar-refractivity contribution in [2.75, 3.05) is 0 Å². The first-order chi connectivity index (χ1) is 6.32. The minimum absolute atomic E-state index is 0.0904. The molecule has 0 spiro atoms. The monoisotopic (exact) mass is 209 g/mol. The number of aromatic nitrogens is 1. The Kier molecular flexibility index (Phi) is 2.84. The molecule has 0 amide bonds. The maximum atomic E-state index is 12.1. The standard InChI is InChI=1S/C8H10F3NO2/c1-4(2)7(13)5-3-6(14-12-5)8(9,10)11/h3-4,7,13H,1-2H3. The molecule has 1 N–H and O–H groups in total. The molecule has 1 atom stereocenters. The van der Waals surface area contributed by atoms with Crippen LogP contribution < -0.4 is 0 Å². The van der Waals surface area contributed by atoms with Crippen molar-refractivity contribution in [2.24, 2.45) is 5.92 Å². The Morgan fingerprint density at radius 1 is 1.43 bits per heavy atom. The fourth-order valence-electron chi connectivity index (χ4n) is 0.903. The van der Waals surface area contributed by atoms with Crippen molar-refractivity contribution in [2.45, 2.75) is 26.1 Å². The van der Waals surface area contributed by atoms with E-state index in [1.165, 1.54) is 0 Å². The summed E-state index contributed by atoms with van der Waals surface area (Å²) in [6.07, 6.45) is -5.59. The van der Waals surface area contributed by atoms with Gasteiger partial charge in [0.2, 0.25) is 5.76 Å². The molecule has 14 heavy (non-hydrogen) atoms. The van der Waals surface area contributed by atoms with Gasteiger partial charge in [0.1, 0.15) is 11.8 Å². The van der Waals surface area contributed by atoms with Crippen LogP contribution in [-0.2, 0) is 6.18 Å². The molecule has 0 fully saturated rings. The predicted molar refractivity (Wildman–Crippen MR) is 41.3 cm³/mol. The molecular formula is C8H10F3NO2. The molecule has 0 bridgehead atoms. The van der Waals surface area contributed by atoms with E-state index < -0.39 is 18.0 Å². The van der Waals surface area contributed by atoms with E-state index in [1.54, 1.807) is 13.8 Å². The molecule has 1 heterocycles. The van der Waals surface area contributed by atoms with E-state index in [-0.39, 0.29) is 11.6 Å². The van der Waals surface area contributed by atoms with Crippen molar-refractivity contribution in [3.63, 3.8) is 0 Å². The van der Waals surface area contributed by atoms with Gasteiger partial charge in [0.15, 0.2) is 0 Å². The van der Waals surface area contributed by atoms with E-state index in [1.807, 2.05) is 0 Å². The van der Waals surface area contributed by atoms with Crippen molar-refractivity contribution in [1.82, 2.24) is 5.16 Å². The molecule has 0 aliphatic carbocycles. The van der Waals surface area contributed by atoms with E-state index in [4.69, 9.17) is 0 Å². The first-order valence-electron chi connectivity index (χ1n) is 4.04. The van der Waals surface area contributed by atoms with Gasteiger partial charge >= 0.3 is 6.18 Å². The number of alkyl halides is 3. The van der Waals surface area contributed by atoms with Crippen LogP contribution in [0.1, 0.15) is 31.4 Å². The lowest BCUT2D eigenvalue weighted by molar-refractivity contribution is -0.155. The van der Waals surface area contributed by atoms with Gasteiger partial charge in [-0.25, -0.2) is 0 Å². The zero-order valence-electron chi connectivity index (χ0n) is 7.67. The lowest BCUT2D eigenvalue weighted by atomic mass is 10.0. The molecule has 6 heteroatoms. The third-order valence-electron chi connectivity index (χ3n) is 1.74. The minimum Gasteiger partial charge on any atom is -0.386 e. The summed E-state index contributed by atoms with van der Waals surface area (Å²) >= 11 is 0. The number of aliphatic hydroxyl groups is 1. The lowest BCUT2D eigenvalue weighted by Gasteiger charge is -2.09. The normalized spacial score (nSPS) is 14.8. The minimum atomic E-state index is -4.55.